The van der Waals surface area contributed by atoms with Gasteiger partial charge in [0.2, 0.25) is 0 Å². The molecule has 24 heavy (non-hydrogen) atoms. The van der Waals surface area contributed by atoms with Crippen molar-refractivity contribution in [1.29, 1.82) is 0 Å². The molecule has 0 saturated carbocycles. The summed E-state index contributed by atoms with van der Waals surface area (Å²) in [5.74, 6) is -0.311. The monoisotopic (exact) mass is 342 g/mol. The van der Waals surface area contributed by atoms with Crippen molar-refractivity contribution < 1.29 is 9.53 Å². The molecule has 0 bridgehead atoms. The van der Waals surface area contributed by atoms with Crippen LogP contribution in [0.1, 0.15) is 18.2 Å². The smallest absolute Gasteiger partial charge is 0.307 e. The average Bonchev–Trinajstić information content (AvgIpc) is 2.92. The molecule has 6 heteroatoms. The summed E-state index contributed by atoms with van der Waals surface area (Å²) >= 11 is 1.51. The van der Waals surface area contributed by atoms with Crippen LogP contribution >= 0.6 is 11.3 Å². The molecule has 0 fully saturated rings. The van der Waals surface area contributed by atoms with Crippen molar-refractivity contribution in [3.05, 3.63) is 51.9 Å². The minimum Gasteiger partial charge on any atom is -0.466 e. The van der Waals surface area contributed by atoms with Crippen LogP contribution in [0, 0.1) is 6.92 Å². The Morgan fingerprint density at radius 1 is 1.29 bits per heavy atom. The molecule has 3 aromatic rings. The van der Waals surface area contributed by atoms with E-state index in [9.17, 15) is 9.59 Å². The van der Waals surface area contributed by atoms with Crippen molar-refractivity contribution in [1.82, 2.24) is 9.55 Å². The van der Waals surface area contributed by atoms with Crippen molar-refractivity contribution in [3.63, 3.8) is 0 Å². The maximum atomic E-state index is 12.9. The molecule has 1 aromatic carbocycles. The summed E-state index contributed by atoms with van der Waals surface area (Å²) in [4.78, 5) is 30.6. The molecule has 0 spiro atoms. The molecule has 0 saturated heterocycles. The molecular formula is C18H18N2O3S. The second kappa shape index (κ2) is 6.97. The van der Waals surface area contributed by atoms with Crippen molar-refractivity contribution in [2.75, 3.05) is 6.61 Å². The first-order valence-electron chi connectivity index (χ1n) is 7.81. The molecule has 5 nitrogen and oxygen atoms in total. The standard InChI is InChI=1S/C18H18N2O3S/c1-3-23-14(21)9-10-20-11-19-17-16(18(20)22)15(12(2)24-17)13-7-5-4-6-8-13/h4-8,11H,3,9-10H2,1-2H3. The fourth-order valence-corrected chi connectivity index (χ4v) is 3.70. The largest absolute Gasteiger partial charge is 0.466 e. The maximum absolute atomic E-state index is 12.9. The number of nitrogens with zero attached hydrogens (tertiary/aromatic N) is 2. The van der Waals surface area contributed by atoms with E-state index < -0.39 is 0 Å². The van der Waals surface area contributed by atoms with Gasteiger partial charge in [0.25, 0.3) is 5.56 Å². The van der Waals surface area contributed by atoms with Crippen LogP contribution in [0.2, 0.25) is 0 Å². The predicted octanol–water partition coefficient (Wildman–Crippen LogP) is 3.39. The number of fused-ring (bicyclic) bond motifs is 1. The van der Waals surface area contributed by atoms with Gasteiger partial charge in [0.1, 0.15) is 4.83 Å². The quantitative estimate of drug-likeness (QED) is 0.667. The Bertz CT molecular complexity index is 929. The number of carbonyl (C=O) groups excluding carboxylic acids is 1. The van der Waals surface area contributed by atoms with Gasteiger partial charge >= 0.3 is 5.97 Å². The molecule has 2 aromatic heterocycles. The van der Waals surface area contributed by atoms with Gasteiger partial charge < -0.3 is 4.74 Å². The molecular weight excluding hydrogens is 324 g/mol. The molecule has 0 radical (unpaired) electrons. The van der Waals surface area contributed by atoms with Gasteiger partial charge in [0, 0.05) is 17.0 Å². The highest BCUT2D eigenvalue weighted by molar-refractivity contribution is 7.19. The summed E-state index contributed by atoms with van der Waals surface area (Å²) in [6.07, 6.45) is 1.67. The Hall–Kier alpha value is -2.47. The molecule has 2 heterocycles. The highest BCUT2D eigenvalue weighted by atomic mass is 32.1. The van der Waals surface area contributed by atoms with Gasteiger partial charge in [0.05, 0.1) is 24.7 Å². The summed E-state index contributed by atoms with van der Waals surface area (Å²) in [5, 5.41) is 0.620. The summed E-state index contributed by atoms with van der Waals surface area (Å²) < 4.78 is 6.40. The minimum atomic E-state index is -0.311. The predicted molar refractivity (Wildman–Crippen MR) is 95.3 cm³/mol. The van der Waals surface area contributed by atoms with Crippen LogP contribution < -0.4 is 5.56 Å². The first-order chi connectivity index (χ1) is 11.6. The number of carbonyl (C=O) groups is 1. The third-order valence-electron chi connectivity index (χ3n) is 3.78. The first-order valence-corrected chi connectivity index (χ1v) is 8.63. The summed E-state index contributed by atoms with van der Waals surface area (Å²) in [6.45, 7) is 4.37. The van der Waals surface area contributed by atoms with E-state index in [0.717, 1.165) is 20.8 Å². The zero-order valence-electron chi connectivity index (χ0n) is 13.6. The van der Waals surface area contributed by atoms with Crippen LogP contribution in [0.3, 0.4) is 0 Å². The van der Waals surface area contributed by atoms with E-state index in [4.69, 9.17) is 4.74 Å². The Morgan fingerprint density at radius 2 is 2.04 bits per heavy atom. The van der Waals surface area contributed by atoms with E-state index in [-0.39, 0.29) is 24.5 Å². The average molecular weight is 342 g/mol. The van der Waals surface area contributed by atoms with Gasteiger partial charge in [0.15, 0.2) is 0 Å². The van der Waals surface area contributed by atoms with Crippen molar-refractivity contribution in [2.45, 2.75) is 26.8 Å². The van der Waals surface area contributed by atoms with Crippen LogP contribution in [-0.2, 0) is 16.1 Å². The van der Waals surface area contributed by atoms with Gasteiger partial charge in [-0.15, -0.1) is 11.3 Å². The lowest BCUT2D eigenvalue weighted by atomic mass is 10.0. The third-order valence-corrected chi connectivity index (χ3v) is 4.79. The van der Waals surface area contributed by atoms with Gasteiger partial charge in [-0.1, -0.05) is 30.3 Å². The van der Waals surface area contributed by atoms with Crippen molar-refractivity contribution >= 4 is 27.5 Å². The molecule has 0 aliphatic rings. The number of benzene rings is 1. The van der Waals surface area contributed by atoms with Gasteiger partial charge in [-0.2, -0.15) is 0 Å². The van der Waals surface area contributed by atoms with E-state index in [1.54, 1.807) is 6.92 Å². The fourth-order valence-electron chi connectivity index (χ4n) is 2.69. The van der Waals surface area contributed by atoms with E-state index in [2.05, 4.69) is 4.98 Å². The first kappa shape index (κ1) is 16.4. The molecule has 0 amide bonds. The normalized spacial score (nSPS) is 10.9. The number of hydrogen-bond donors (Lipinski definition) is 0. The number of esters is 1. The van der Waals surface area contributed by atoms with Gasteiger partial charge in [-0.25, -0.2) is 4.98 Å². The molecule has 0 atom stereocenters. The van der Waals surface area contributed by atoms with Crippen molar-refractivity contribution in [3.8, 4) is 11.1 Å². The highest BCUT2D eigenvalue weighted by Gasteiger charge is 2.17. The Balaban J connectivity index is 2.05. The third kappa shape index (κ3) is 3.10. The lowest BCUT2D eigenvalue weighted by molar-refractivity contribution is -0.143. The number of hydrogen-bond acceptors (Lipinski definition) is 5. The highest BCUT2D eigenvalue weighted by Crippen LogP contribution is 2.35. The van der Waals surface area contributed by atoms with Crippen LogP contribution in [-0.4, -0.2) is 22.1 Å². The second-order valence-corrected chi connectivity index (χ2v) is 6.58. The van der Waals surface area contributed by atoms with Gasteiger partial charge in [-0.3, -0.25) is 14.2 Å². The van der Waals surface area contributed by atoms with Crippen LogP contribution in [0.5, 0.6) is 0 Å². The Labute approximate surface area is 143 Å². The van der Waals surface area contributed by atoms with E-state index >= 15 is 0 Å². The minimum absolute atomic E-state index is 0.118. The molecule has 0 unspecified atom stereocenters. The summed E-state index contributed by atoms with van der Waals surface area (Å²) in [6, 6.07) is 9.83. The molecule has 124 valence electrons. The SMILES string of the molecule is CCOC(=O)CCn1cnc2sc(C)c(-c3ccccc3)c2c1=O. The number of ether oxygens (including phenoxy) is 1. The lowest BCUT2D eigenvalue weighted by Crippen LogP contribution is -2.22. The molecule has 3 rings (SSSR count). The Morgan fingerprint density at radius 3 is 2.75 bits per heavy atom. The molecule has 0 N–H and O–H groups in total. The number of aromatic nitrogens is 2. The zero-order valence-corrected chi connectivity index (χ0v) is 14.4. The van der Waals surface area contributed by atoms with Crippen LogP contribution in [0.15, 0.2) is 41.5 Å². The molecule has 0 aliphatic carbocycles. The summed E-state index contributed by atoms with van der Waals surface area (Å²) in [7, 11) is 0. The van der Waals surface area contributed by atoms with E-state index in [1.807, 2.05) is 37.3 Å². The number of aryl methyl sites for hydroxylation is 2. The summed E-state index contributed by atoms with van der Waals surface area (Å²) in [5.41, 5.74) is 1.81. The number of thiophene rings is 1. The lowest BCUT2D eigenvalue weighted by Gasteiger charge is -2.06. The van der Waals surface area contributed by atoms with Crippen LogP contribution in [0.4, 0.5) is 0 Å². The van der Waals surface area contributed by atoms with Crippen molar-refractivity contribution in [2.24, 2.45) is 0 Å². The fraction of sp³-hybridized carbons (Fsp3) is 0.278. The second-order valence-electron chi connectivity index (χ2n) is 5.38. The van der Waals surface area contributed by atoms with E-state index in [1.165, 1.54) is 22.2 Å². The molecule has 0 aliphatic heterocycles. The van der Waals surface area contributed by atoms with Crippen LogP contribution in [0.25, 0.3) is 21.3 Å². The maximum Gasteiger partial charge on any atom is 0.307 e. The van der Waals surface area contributed by atoms with E-state index in [0.29, 0.717) is 12.0 Å². The Kier molecular flexibility index (Phi) is 4.76. The van der Waals surface area contributed by atoms with Gasteiger partial charge in [-0.05, 0) is 19.4 Å². The topological polar surface area (TPSA) is 61.2 Å². The zero-order chi connectivity index (χ0) is 17.1. The number of rotatable bonds is 5.